The highest BCUT2D eigenvalue weighted by molar-refractivity contribution is 5.92. The summed E-state index contributed by atoms with van der Waals surface area (Å²) < 4.78 is 5.05. The van der Waals surface area contributed by atoms with Crippen LogP contribution in [0.1, 0.15) is 51.8 Å². The summed E-state index contributed by atoms with van der Waals surface area (Å²) in [7, 11) is 0. The smallest absolute Gasteiger partial charge is 0.355 e. The van der Waals surface area contributed by atoms with Crippen LogP contribution in [0.15, 0.2) is 18.2 Å². The predicted molar refractivity (Wildman–Crippen MR) is 99.1 cm³/mol. The quantitative estimate of drug-likeness (QED) is 0.780. The molecule has 0 spiro atoms. The van der Waals surface area contributed by atoms with E-state index in [1.165, 1.54) is 0 Å². The molecule has 0 unspecified atom stereocenters. The van der Waals surface area contributed by atoms with Crippen molar-refractivity contribution in [1.29, 1.82) is 0 Å². The number of esters is 1. The molecule has 1 aromatic heterocycles. The third kappa shape index (κ3) is 4.72. The zero-order chi connectivity index (χ0) is 18.6. The molecule has 0 fully saturated rings. The first kappa shape index (κ1) is 18.8. The van der Waals surface area contributed by atoms with E-state index in [0.29, 0.717) is 25.1 Å². The number of amides is 1. The second-order valence-corrected chi connectivity index (χ2v) is 6.37. The first-order valence-corrected chi connectivity index (χ1v) is 8.55. The number of aryl methyl sites for hydroxylation is 3. The zero-order valence-electron chi connectivity index (χ0n) is 15.6. The fourth-order valence-corrected chi connectivity index (χ4v) is 3.08. The molecule has 0 radical (unpaired) electrons. The van der Waals surface area contributed by atoms with Crippen molar-refractivity contribution in [3.63, 3.8) is 0 Å². The number of hydrogen-bond acceptors (Lipinski definition) is 3. The van der Waals surface area contributed by atoms with Crippen LogP contribution in [0.3, 0.4) is 0 Å². The summed E-state index contributed by atoms with van der Waals surface area (Å²) >= 11 is 0. The summed E-state index contributed by atoms with van der Waals surface area (Å²) in [5.41, 5.74) is 6.29. The number of hydrogen-bond donors (Lipinski definition) is 2. The van der Waals surface area contributed by atoms with Crippen molar-refractivity contribution < 1.29 is 14.3 Å². The number of nitrogens with one attached hydrogen (secondary N) is 2. The van der Waals surface area contributed by atoms with Crippen molar-refractivity contribution >= 4 is 17.6 Å². The lowest BCUT2D eigenvalue weighted by molar-refractivity contribution is -0.116. The number of carbonyl (C=O) groups is 2. The normalized spacial score (nSPS) is 10.6. The summed E-state index contributed by atoms with van der Waals surface area (Å²) in [5, 5.41) is 2.94. The molecular formula is C20H26N2O3. The number of ether oxygens (including phenoxy) is 1. The minimum Gasteiger partial charge on any atom is -0.461 e. The zero-order valence-corrected chi connectivity index (χ0v) is 15.6. The highest BCUT2D eigenvalue weighted by Crippen LogP contribution is 2.21. The maximum absolute atomic E-state index is 12.3. The van der Waals surface area contributed by atoms with Crippen molar-refractivity contribution in [1.82, 2.24) is 4.98 Å². The number of aromatic amines is 1. The molecule has 0 aliphatic rings. The molecule has 5 heteroatoms. The van der Waals surface area contributed by atoms with Gasteiger partial charge in [-0.1, -0.05) is 6.07 Å². The summed E-state index contributed by atoms with van der Waals surface area (Å²) in [4.78, 5) is 27.3. The highest BCUT2D eigenvalue weighted by Gasteiger charge is 2.18. The van der Waals surface area contributed by atoms with Gasteiger partial charge < -0.3 is 15.0 Å². The topological polar surface area (TPSA) is 71.2 Å². The number of H-pyrrole nitrogens is 1. The van der Waals surface area contributed by atoms with Crippen LogP contribution in [0.4, 0.5) is 5.69 Å². The van der Waals surface area contributed by atoms with Crippen molar-refractivity contribution in [2.75, 3.05) is 11.9 Å². The average molecular weight is 342 g/mol. The van der Waals surface area contributed by atoms with E-state index in [0.717, 1.165) is 33.6 Å². The van der Waals surface area contributed by atoms with Crippen LogP contribution in [0.25, 0.3) is 0 Å². The highest BCUT2D eigenvalue weighted by atomic mass is 16.5. The van der Waals surface area contributed by atoms with Crippen LogP contribution < -0.4 is 5.32 Å². The molecule has 2 rings (SSSR count). The van der Waals surface area contributed by atoms with Crippen LogP contribution in [0.2, 0.25) is 0 Å². The van der Waals surface area contributed by atoms with E-state index >= 15 is 0 Å². The lowest BCUT2D eigenvalue weighted by Gasteiger charge is -2.08. The Morgan fingerprint density at radius 1 is 1.08 bits per heavy atom. The van der Waals surface area contributed by atoms with E-state index in [1.54, 1.807) is 6.92 Å². The van der Waals surface area contributed by atoms with Crippen molar-refractivity contribution in [2.45, 2.75) is 47.5 Å². The lowest BCUT2D eigenvalue weighted by atomic mass is 10.0. The molecule has 0 atom stereocenters. The standard InChI is InChI=1S/C20H26N2O3/c1-6-25-20(24)19-14(4)17(15(5)21-19)7-8-18(23)22-16-10-12(2)9-13(3)11-16/h9-11,21H,6-8H2,1-5H3,(H,22,23). The van der Waals surface area contributed by atoms with Crippen molar-refractivity contribution in [2.24, 2.45) is 0 Å². The molecule has 5 nitrogen and oxygen atoms in total. The molecule has 0 saturated heterocycles. The molecule has 134 valence electrons. The fraction of sp³-hybridized carbons (Fsp3) is 0.400. The Balaban J connectivity index is 2.03. The van der Waals surface area contributed by atoms with Gasteiger partial charge in [0, 0.05) is 17.8 Å². The molecular weight excluding hydrogens is 316 g/mol. The molecule has 2 N–H and O–H groups in total. The minimum atomic E-state index is -0.353. The van der Waals surface area contributed by atoms with Gasteiger partial charge in [-0.2, -0.15) is 0 Å². The maximum atomic E-state index is 12.3. The van der Waals surface area contributed by atoms with Gasteiger partial charge in [0.2, 0.25) is 5.91 Å². The molecule has 1 heterocycles. The molecule has 0 aliphatic heterocycles. The van der Waals surface area contributed by atoms with Crippen LogP contribution >= 0.6 is 0 Å². The summed E-state index contributed by atoms with van der Waals surface area (Å²) in [5.74, 6) is -0.392. The number of benzene rings is 1. The fourth-order valence-electron chi connectivity index (χ4n) is 3.08. The Kier molecular flexibility index (Phi) is 6.02. The summed E-state index contributed by atoms with van der Waals surface area (Å²) in [6.07, 6.45) is 0.930. The van der Waals surface area contributed by atoms with Gasteiger partial charge in [0.15, 0.2) is 0 Å². The van der Waals surface area contributed by atoms with Gasteiger partial charge in [0.05, 0.1) is 6.61 Å². The number of rotatable bonds is 6. The van der Waals surface area contributed by atoms with Gasteiger partial charge in [-0.15, -0.1) is 0 Å². The molecule has 0 saturated carbocycles. The second kappa shape index (κ2) is 8.01. The van der Waals surface area contributed by atoms with E-state index in [9.17, 15) is 9.59 Å². The van der Waals surface area contributed by atoms with E-state index in [2.05, 4.69) is 16.4 Å². The van der Waals surface area contributed by atoms with Crippen LogP contribution in [-0.4, -0.2) is 23.5 Å². The Bertz CT molecular complexity index is 770. The Labute approximate surface area is 148 Å². The number of carbonyl (C=O) groups excluding carboxylic acids is 2. The van der Waals surface area contributed by atoms with Gasteiger partial charge in [0.25, 0.3) is 0 Å². The molecule has 25 heavy (non-hydrogen) atoms. The second-order valence-electron chi connectivity index (χ2n) is 6.37. The first-order valence-electron chi connectivity index (χ1n) is 8.55. The lowest BCUT2D eigenvalue weighted by Crippen LogP contribution is -2.13. The summed E-state index contributed by atoms with van der Waals surface area (Å²) in [6.45, 7) is 9.92. The van der Waals surface area contributed by atoms with Gasteiger partial charge in [0.1, 0.15) is 5.69 Å². The predicted octanol–water partition coefficient (Wildman–Crippen LogP) is 4.00. The van der Waals surface area contributed by atoms with Gasteiger partial charge >= 0.3 is 5.97 Å². The Morgan fingerprint density at radius 3 is 2.32 bits per heavy atom. The minimum absolute atomic E-state index is 0.0392. The largest absolute Gasteiger partial charge is 0.461 e. The molecule has 1 aromatic carbocycles. The molecule has 0 bridgehead atoms. The third-order valence-electron chi connectivity index (χ3n) is 4.18. The van der Waals surface area contributed by atoms with E-state index in [1.807, 2.05) is 39.8 Å². The monoisotopic (exact) mass is 342 g/mol. The van der Waals surface area contributed by atoms with Gasteiger partial charge in [-0.05, 0) is 75.4 Å². The molecule has 1 amide bonds. The SMILES string of the molecule is CCOC(=O)c1[nH]c(C)c(CCC(=O)Nc2cc(C)cc(C)c2)c1C. The average Bonchev–Trinajstić information content (AvgIpc) is 2.79. The van der Waals surface area contributed by atoms with E-state index < -0.39 is 0 Å². The summed E-state index contributed by atoms with van der Waals surface area (Å²) in [6, 6.07) is 5.98. The van der Waals surface area contributed by atoms with Gasteiger partial charge in [-0.3, -0.25) is 4.79 Å². The van der Waals surface area contributed by atoms with Gasteiger partial charge in [-0.25, -0.2) is 4.79 Å². The first-order chi connectivity index (χ1) is 11.8. The van der Waals surface area contributed by atoms with E-state index in [-0.39, 0.29) is 11.9 Å². The molecule has 2 aromatic rings. The van der Waals surface area contributed by atoms with E-state index in [4.69, 9.17) is 4.74 Å². The Hall–Kier alpha value is -2.56. The molecule has 0 aliphatic carbocycles. The Morgan fingerprint density at radius 2 is 1.72 bits per heavy atom. The third-order valence-corrected chi connectivity index (χ3v) is 4.18. The number of anilines is 1. The van der Waals surface area contributed by atoms with Crippen LogP contribution in [0.5, 0.6) is 0 Å². The van der Waals surface area contributed by atoms with Crippen LogP contribution in [-0.2, 0) is 16.0 Å². The number of aromatic nitrogens is 1. The van der Waals surface area contributed by atoms with Crippen LogP contribution in [0, 0.1) is 27.7 Å². The maximum Gasteiger partial charge on any atom is 0.355 e. The van der Waals surface area contributed by atoms with Crippen molar-refractivity contribution in [3.05, 3.63) is 51.8 Å². The van der Waals surface area contributed by atoms with Crippen molar-refractivity contribution in [3.8, 4) is 0 Å².